The first-order valence-electron chi connectivity index (χ1n) is 6.35. The highest BCUT2D eigenvalue weighted by Crippen LogP contribution is 2.23. The molecule has 0 atom stereocenters. The number of benzene rings is 1. The molecular weight excluding hydrogens is 290 g/mol. The summed E-state index contributed by atoms with van der Waals surface area (Å²) in [7, 11) is -2.14. The van der Waals surface area contributed by atoms with Crippen molar-refractivity contribution in [3.8, 4) is 5.75 Å². The molecule has 0 spiro atoms. The Labute approximate surface area is 124 Å². The summed E-state index contributed by atoms with van der Waals surface area (Å²) in [5.74, 6) is 0.517. The molecule has 21 heavy (non-hydrogen) atoms. The van der Waals surface area contributed by atoms with Crippen molar-refractivity contribution in [3.05, 3.63) is 48.3 Å². The number of aromatic nitrogens is 1. The number of nitrogen functional groups attached to an aromatic ring is 1. The van der Waals surface area contributed by atoms with Gasteiger partial charge in [-0.1, -0.05) is 0 Å². The minimum Gasteiger partial charge on any atom is -0.497 e. The summed E-state index contributed by atoms with van der Waals surface area (Å²) in [6, 6.07) is 8.17. The molecule has 2 aromatic rings. The first-order valence-corrected chi connectivity index (χ1v) is 7.83. The first kappa shape index (κ1) is 15.3. The van der Waals surface area contributed by atoms with Crippen molar-refractivity contribution < 1.29 is 13.2 Å². The maximum Gasteiger partial charge on any atom is 0.242 e. The third-order valence-electron chi connectivity index (χ3n) is 2.96. The van der Waals surface area contributed by atoms with Gasteiger partial charge in [0.15, 0.2) is 0 Å². The molecule has 0 fully saturated rings. The molecule has 3 N–H and O–H groups in total. The molecule has 1 aromatic carbocycles. The zero-order valence-corrected chi connectivity index (χ0v) is 12.4. The van der Waals surface area contributed by atoms with Gasteiger partial charge in [-0.2, -0.15) is 0 Å². The van der Waals surface area contributed by atoms with Gasteiger partial charge in [0, 0.05) is 25.0 Å². The van der Waals surface area contributed by atoms with E-state index < -0.39 is 10.0 Å². The maximum absolute atomic E-state index is 12.2. The van der Waals surface area contributed by atoms with Crippen molar-refractivity contribution >= 4 is 15.7 Å². The van der Waals surface area contributed by atoms with Crippen LogP contribution in [-0.2, 0) is 16.4 Å². The van der Waals surface area contributed by atoms with Crippen LogP contribution < -0.4 is 15.2 Å². The summed E-state index contributed by atoms with van der Waals surface area (Å²) in [4.78, 5) is 3.96. The fraction of sp³-hybridized carbons (Fsp3) is 0.214. The van der Waals surface area contributed by atoms with Gasteiger partial charge in [-0.05, 0) is 36.2 Å². The van der Waals surface area contributed by atoms with Crippen molar-refractivity contribution in [2.45, 2.75) is 11.3 Å². The topological polar surface area (TPSA) is 94.3 Å². The highest BCUT2D eigenvalue weighted by atomic mass is 32.2. The minimum absolute atomic E-state index is 0.0537. The largest absolute Gasteiger partial charge is 0.497 e. The lowest BCUT2D eigenvalue weighted by molar-refractivity contribution is 0.414. The van der Waals surface area contributed by atoms with Crippen LogP contribution in [0.2, 0.25) is 0 Å². The molecule has 2 rings (SSSR count). The Morgan fingerprint density at radius 1 is 1.24 bits per heavy atom. The standard InChI is InChI=1S/C14H17N3O3S/c1-20-12-2-3-14(13(15)10-12)21(18,19)17-9-6-11-4-7-16-8-5-11/h2-5,7-8,10,17H,6,9,15H2,1H3. The SMILES string of the molecule is COc1ccc(S(=O)(=O)NCCc2ccncc2)c(N)c1. The third kappa shape index (κ3) is 3.93. The summed E-state index contributed by atoms with van der Waals surface area (Å²) >= 11 is 0. The third-order valence-corrected chi connectivity index (χ3v) is 4.50. The Kier molecular flexibility index (Phi) is 4.77. The molecule has 0 saturated carbocycles. The molecule has 0 unspecified atom stereocenters. The zero-order valence-electron chi connectivity index (χ0n) is 11.6. The lowest BCUT2D eigenvalue weighted by Gasteiger charge is -2.10. The highest BCUT2D eigenvalue weighted by Gasteiger charge is 2.17. The van der Waals surface area contributed by atoms with Crippen molar-refractivity contribution in [1.82, 2.24) is 9.71 Å². The number of anilines is 1. The highest BCUT2D eigenvalue weighted by molar-refractivity contribution is 7.89. The number of nitrogens with one attached hydrogen (secondary N) is 1. The Hall–Kier alpha value is -2.12. The van der Waals surface area contributed by atoms with Gasteiger partial charge in [0.25, 0.3) is 0 Å². The molecule has 6 nitrogen and oxygen atoms in total. The number of pyridine rings is 1. The second-order valence-corrected chi connectivity index (χ2v) is 6.14. The Morgan fingerprint density at radius 2 is 1.95 bits per heavy atom. The van der Waals surface area contributed by atoms with Gasteiger partial charge in [-0.15, -0.1) is 0 Å². The maximum atomic E-state index is 12.2. The van der Waals surface area contributed by atoms with Crippen LogP contribution in [0.15, 0.2) is 47.6 Å². The van der Waals surface area contributed by atoms with Gasteiger partial charge in [-0.25, -0.2) is 13.1 Å². The van der Waals surface area contributed by atoms with E-state index in [1.54, 1.807) is 18.5 Å². The second-order valence-electron chi connectivity index (χ2n) is 4.41. The van der Waals surface area contributed by atoms with Gasteiger partial charge < -0.3 is 10.5 Å². The summed E-state index contributed by atoms with van der Waals surface area (Å²) < 4.78 is 31.9. The number of ether oxygens (including phenoxy) is 1. The summed E-state index contributed by atoms with van der Waals surface area (Å²) in [5.41, 5.74) is 6.93. The molecule has 1 heterocycles. The zero-order chi connectivity index (χ0) is 15.3. The molecule has 0 saturated heterocycles. The predicted molar refractivity (Wildman–Crippen MR) is 80.5 cm³/mol. The lowest BCUT2D eigenvalue weighted by atomic mass is 10.2. The van der Waals surface area contributed by atoms with E-state index in [9.17, 15) is 8.42 Å². The van der Waals surface area contributed by atoms with Crippen molar-refractivity contribution in [3.63, 3.8) is 0 Å². The van der Waals surface area contributed by atoms with Crippen LogP contribution >= 0.6 is 0 Å². The van der Waals surface area contributed by atoms with Crippen LogP contribution in [0.25, 0.3) is 0 Å². The van der Waals surface area contributed by atoms with E-state index in [4.69, 9.17) is 10.5 Å². The lowest BCUT2D eigenvalue weighted by Crippen LogP contribution is -2.26. The van der Waals surface area contributed by atoms with Gasteiger partial charge in [0.2, 0.25) is 10.0 Å². The molecule has 112 valence electrons. The molecule has 7 heteroatoms. The van der Waals surface area contributed by atoms with E-state index in [-0.39, 0.29) is 17.1 Å². The van der Waals surface area contributed by atoms with Gasteiger partial charge in [0.05, 0.1) is 12.8 Å². The van der Waals surface area contributed by atoms with Crippen molar-refractivity contribution in [2.75, 3.05) is 19.4 Å². The van der Waals surface area contributed by atoms with E-state index in [1.807, 2.05) is 12.1 Å². The number of sulfonamides is 1. The number of rotatable bonds is 6. The van der Waals surface area contributed by atoms with Crippen molar-refractivity contribution in [1.29, 1.82) is 0 Å². The normalized spacial score (nSPS) is 11.3. The van der Waals surface area contributed by atoms with Crippen molar-refractivity contribution in [2.24, 2.45) is 0 Å². The van der Waals surface area contributed by atoms with E-state index in [1.165, 1.54) is 19.2 Å². The molecule has 0 bridgehead atoms. The molecular formula is C14H17N3O3S. The number of nitrogens with zero attached hydrogens (tertiary/aromatic N) is 1. The Balaban J connectivity index is 2.05. The molecule has 0 amide bonds. The van der Waals surface area contributed by atoms with E-state index in [0.29, 0.717) is 12.2 Å². The van der Waals surface area contributed by atoms with Crippen LogP contribution in [0.4, 0.5) is 5.69 Å². The quantitative estimate of drug-likeness (QED) is 0.782. The molecule has 0 aliphatic heterocycles. The molecule has 1 aromatic heterocycles. The first-order chi connectivity index (χ1) is 10.0. The molecule has 0 radical (unpaired) electrons. The smallest absolute Gasteiger partial charge is 0.242 e. The van der Waals surface area contributed by atoms with Gasteiger partial charge >= 0.3 is 0 Å². The number of methoxy groups -OCH3 is 1. The monoisotopic (exact) mass is 307 g/mol. The van der Waals surface area contributed by atoms with Crippen LogP contribution in [0.1, 0.15) is 5.56 Å². The number of hydrogen-bond acceptors (Lipinski definition) is 5. The van der Waals surface area contributed by atoms with Crippen LogP contribution in [-0.4, -0.2) is 27.1 Å². The Morgan fingerprint density at radius 3 is 2.57 bits per heavy atom. The number of nitrogens with two attached hydrogens (primary N) is 1. The summed E-state index contributed by atoms with van der Waals surface area (Å²) in [5, 5.41) is 0. The Bertz CT molecular complexity index is 703. The van der Waals surface area contributed by atoms with Gasteiger partial charge in [0.1, 0.15) is 10.6 Å². The van der Waals surface area contributed by atoms with E-state index in [0.717, 1.165) is 5.56 Å². The fourth-order valence-corrected chi connectivity index (χ4v) is 3.00. The van der Waals surface area contributed by atoms with Crippen LogP contribution in [0.5, 0.6) is 5.75 Å². The molecule has 0 aliphatic rings. The van der Waals surface area contributed by atoms with E-state index >= 15 is 0 Å². The number of hydrogen-bond donors (Lipinski definition) is 2. The summed E-state index contributed by atoms with van der Waals surface area (Å²) in [6.45, 7) is 0.289. The van der Waals surface area contributed by atoms with Crippen LogP contribution in [0, 0.1) is 0 Å². The predicted octanol–water partition coefficient (Wildman–Crippen LogP) is 1.19. The minimum atomic E-state index is -3.63. The van der Waals surface area contributed by atoms with E-state index in [2.05, 4.69) is 9.71 Å². The fourth-order valence-electron chi connectivity index (χ4n) is 1.86. The average molecular weight is 307 g/mol. The van der Waals surface area contributed by atoms with Gasteiger partial charge in [-0.3, -0.25) is 4.98 Å². The average Bonchev–Trinajstić information content (AvgIpc) is 2.47. The molecule has 0 aliphatic carbocycles. The second kappa shape index (κ2) is 6.55. The van der Waals surface area contributed by atoms with Crippen LogP contribution in [0.3, 0.4) is 0 Å². The summed E-state index contributed by atoms with van der Waals surface area (Å²) in [6.07, 6.45) is 3.92.